The van der Waals surface area contributed by atoms with Gasteiger partial charge in [0.2, 0.25) is 5.13 Å². The Balaban J connectivity index is 1.61. The van der Waals surface area contributed by atoms with E-state index in [0.29, 0.717) is 28.1 Å². The highest BCUT2D eigenvalue weighted by molar-refractivity contribution is 8.00. The number of aromatic nitrogens is 2. The van der Waals surface area contributed by atoms with Crippen molar-refractivity contribution in [1.29, 1.82) is 0 Å². The van der Waals surface area contributed by atoms with Crippen molar-refractivity contribution in [1.82, 2.24) is 10.2 Å². The van der Waals surface area contributed by atoms with E-state index < -0.39 is 0 Å². The topological polar surface area (TPSA) is 64.1 Å². The maximum Gasteiger partial charge on any atom is 0.261 e. The van der Waals surface area contributed by atoms with Gasteiger partial charge in [0.05, 0.1) is 12.2 Å². The molecular formula is C18H16ClN3O2S2. The molecule has 0 radical (unpaired) electrons. The molecule has 0 bridgehead atoms. The van der Waals surface area contributed by atoms with Crippen molar-refractivity contribution in [3.8, 4) is 5.75 Å². The van der Waals surface area contributed by atoms with Crippen LogP contribution in [0.5, 0.6) is 5.75 Å². The number of para-hydroxylation sites is 1. The molecule has 0 spiro atoms. The first kappa shape index (κ1) is 18.7. The second-order valence-corrected chi connectivity index (χ2v) is 7.81. The lowest BCUT2D eigenvalue weighted by Gasteiger charge is -2.08. The van der Waals surface area contributed by atoms with E-state index >= 15 is 0 Å². The second kappa shape index (κ2) is 9.02. The summed E-state index contributed by atoms with van der Waals surface area (Å²) in [6.07, 6.45) is 0. The number of anilines is 1. The summed E-state index contributed by atoms with van der Waals surface area (Å²) in [6.45, 7) is 2.37. The number of ether oxygens (including phenoxy) is 1. The average molecular weight is 406 g/mol. The Labute approximate surface area is 164 Å². The minimum Gasteiger partial charge on any atom is -0.493 e. The number of hydrogen-bond acceptors (Lipinski definition) is 6. The summed E-state index contributed by atoms with van der Waals surface area (Å²) < 4.78 is 6.28. The van der Waals surface area contributed by atoms with Gasteiger partial charge in [-0.25, -0.2) is 0 Å². The average Bonchev–Trinajstić information content (AvgIpc) is 3.09. The number of nitrogens with one attached hydrogen (secondary N) is 1. The van der Waals surface area contributed by atoms with E-state index in [1.807, 2.05) is 37.3 Å². The highest BCUT2D eigenvalue weighted by Gasteiger charge is 2.14. The Morgan fingerprint density at radius 2 is 1.96 bits per heavy atom. The Bertz CT molecular complexity index is 884. The van der Waals surface area contributed by atoms with E-state index in [9.17, 15) is 4.79 Å². The number of carbonyl (C=O) groups is 1. The van der Waals surface area contributed by atoms with Gasteiger partial charge in [-0.15, -0.1) is 10.2 Å². The van der Waals surface area contributed by atoms with E-state index in [1.165, 1.54) is 11.3 Å². The van der Waals surface area contributed by atoms with Gasteiger partial charge in [-0.2, -0.15) is 0 Å². The van der Waals surface area contributed by atoms with Crippen LogP contribution >= 0.6 is 34.7 Å². The van der Waals surface area contributed by atoms with Crippen LogP contribution in [0.1, 0.15) is 22.8 Å². The van der Waals surface area contributed by atoms with Crippen molar-refractivity contribution in [2.24, 2.45) is 0 Å². The molecule has 0 fully saturated rings. The number of carbonyl (C=O) groups excluding carboxylic acids is 1. The van der Waals surface area contributed by atoms with Crippen molar-refractivity contribution < 1.29 is 9.53 Å². The number of rotatable bonds is 7. The monoisotopic (exact) mass is 405 g/mol. The summed E-state index contributed by atoms with van der Waals surface area (Å²) in [5.74, 6) is 1.04. The maximum absolute atomic E-state index is 12.5. The van der Waals surface area contributed by atoms with Crippen molar-refractivity contribution in [2.45, 2.75) is 17.0 Å². The van der Waals surface area contributed by atoms with Gasteiger partial charge in [-0.1, -0.05) is 59.0 Å². The molecule has 26 heavy (non-hydrogen) atoms. The van der Waals surface area contributed by atoms with Gasteiger partial charge >= 0.3 is 0 Å². The molecule has 1 N–H and O–H groups in total. The third-order valence-corrected chi connectivity index (χ3v) is 5.63. The van der Waals surface area contributed by atoms with E-state index in [4.69, 9.17) is 16.3 Å². The molecule has 134 valence electrons. The molecule has 8 heteroatoms. The smallest absolute Gasteiger partial charge is 0.261 e. The SMILES string of the molecule is CCOc1ccccc1C(=O)Nc1nnc(SCc2ccc(Cl)cc2)s1. The molecule has 3 aromatic rings. The zero-order valence-corrected chi connectivity index (χ0v) is 16.3. The maximum atomic E-state index is 12.5. The van der Waals surface area contributed by atoms with Crippen LogP contribution < -0.4 is 10.1 Å². The molecular weight excluding hydrogens is 390 g/mol. The van der Waals surface area contributed by atoms with E-state index in [2.05, 4.69) is 15.5 Å². The van der Waals surface area contributed by atoms with Gasteiger partial charge in [0, 0.05) is 10.8 Å². The fraction of sp³-hybridized carbons (Fsp3) is 0.167. The van der Waals surface area contributed by atoms with Crippen LogP contribution in [0.4, 0.5) is 5.13 Å². The first-order valence-electron chi connectivity index (χ1n) is 7.89. The Morgan fingerprint density at radius 1 is 1.19 bits per heavy atom. The summed E-state index contributed by atoms with van der Waals surface area (Å²) in [4.78, 5) is 12.5. The number of benzene rings is 2. The molecule has 1 heterocycles. The van der Waals surface area contributed by atoms with Crippen LogP contribution in [0.2, 0.25) is 5.02 Å². The Kier molecular flexibility index (Phi) is 6.49. The molecule has 3 rings (SSSR count). The first-order valence-corrected chi connectivity index (χ1v) is 10.1. The van der Waals surface area contributed by atoms with E-state index in [0.717, 1.165) is 15.7 Å². The Morgan fingerprint density at radius 3 is 2.73 bits per heavy atom. The molecule has 0 saturated heterocycles. The number of hydrogen-bond donors (Lipinski definition) is 1. The molecule has 0 atom stereocenters. The number of halogens is 1. The third kappa shape index (κ3) is 4.97. The zero-order chi connectivity index (χ0) is 18.4. The van der Waals surface area contributed by atoms with Gasteiger partial charge in [0.25, 0.3) is 5.91 Å². The molecule has 0 unspecified atom stereocenters. The highest BCUT2D eigenvalue weighted by Crippen LogP contribution is 2.29. The fourth-order valence-corrected chi connectivity index (χ4v) is 3.97. The molecule has 0 saturated carbocycles. The standard InChI is InChI=1S/C18H16ClN3O2S2/c1-2-24-15-6-4-3-5-14(15)16(23)20-17-21-22-18(26-17)25-11-12-7-9-13(19)10-8-12/h3-10H,2,11H2,1H3,(H,20,21,23). The van der Waals surface area contributed by atoms with Crippen LogP contribution in [0, 0.1) is 0 Å². The van der Waals surface area contributed by atoms with Gasteiger partial charge < -0.3 is 4.74 Å². The van der Waals surface area contributed by atoms with Gasteiger partial charge in [0.15, 0.2) is 4.34 Å². The Hall–Kier alpha value is -2.09. The van der Waals surface area contributed by atoms with Gasteiger partial charge in [-0.05, 0) is 36.8 Å². The lowest BCUT2D eigenvalue weighted by Crippen LogP contribution is -2.13. The largest absolute Gasteiger partial charge is 0.493 e. The molecule has 5 nitrogen and oxygen atoms in total. The summed E-state index contributed by atoms with van der Waals surface area (Å²) in [7, 11) is 0. The van der Waals surface area contributed by atoms with Crippen LogP contribution in [-0.2, 0) is 5.75 Å². The molecule has 2 aromatic carbocycles. The van der Waals surface area contributed by atoms with Gasteiger partial charge in [-0.3, -0.25) is 10.1 Å². The molecule has 0 aliphatic carbocycles. The fourth-order valence-electron chi connectivity index (χ4n) is 2.14. The molecule has 1 aromatic heterocycles. The number of thioether (sulfide) groups is 1. The summed E-state index contributed by atoms with van der Waals surface area (Å²) in [6, 6.07) is 14.8. The number of amides is 1. The van der Waals surface area contributed by atoms with Crippen molar-refractivity contribution in [2.75, 3.05) is 11.9 Å². The number of nitrogens with zero attached hydrogens (tertiary/aromatic N) is 2. The summed E-state index contributed by atoms with van der Waals surface area (Å²) >= 11 is 8.79. The van der Waals surface area contributed by atoms with Crippen molar-refractivity contribution in [3.63, 3.8) is 0 Å². The van der Waals surface area contributed by atoms with Gasteiger partial charge in [0.1, 0.15) is 5.75 Å². The first-order chi connectivity index (χ1) is 12.7. The lowest BCUT2D eigenvalue weighted by atomic mass is 10.2. The van der Waals surface area contributed by atoms with Crippen LogP contribution in [0.25, 0.3) is 0 Å². The van der Waals surface area contributed by atoms with E-state index in [1.54, 1.807) is 30.0 Å². The van der Waals surface area contributed by atoms with Crippen molar-refractivity contribution >= 4 is 45.7 Å². The van der Waals surface area contributed by atoms with Crippen LogP contribution in [0.15, 0.2) is 52.9 Å². The summed E-state index contributed by atoms with van der Waals surface area (Å²) in [5, 5.41) is 12.1. The summed E-state index contributed by atoms with van der Waals surface area (Å²) in [5.41, 5.74) is 1.62. The van der Waals surface area contributed by atoms with Crippen molar-refractivity contribution in [3.05, 3.63) is 64.7 Å². The zero-order valence-electron chi connectivity index (χ0n) is 13.9. The highest BCUT2D eigenvalue weighted by atomic mass is 35.5. The minimum atomic E-state index is -0.264. The molecule has 0 aliphatic heterocycles. The predicted molar refractivity (Wildman–Crippen MR) is 106 cm³/mol. The normalized spacial score (nSPS) is 10.5. The second-order valence-electron chi connectivity index (χ2n) is 5.17. The lowest BCUT2D eigenvalue weighted by molar-refractivity contribution is 0.102. The molecule has 0 aliphatic rings. The predicted octanol–water partition coefficient (Wildman–Crippen LogP) is 5.13. The third-order valence-electron chi connectivity index (χ3n) is 3.33. The molecule has 1 amide bonds. The minimum absolute atomic E-state index is 0.264. The quantitative estimate of drug-likeness (QED) is 0.435. The van der Waals surface area contributed by atoms with Crippen LogP contribution in [0.3, 0.4) is 0 Å². The van der Waals surface area contributed by atoms with Crippen LogP contribution in [-0.4, -0.2) is 22.7 Å². The van der Waals surface area contributed by atoms with E-state index in [-0.39, 0.29) is 5.91 Å².